The molecule has 0 radical (unpaired) electrons. The van der Waals surface area contributed by atoms with E-state index in [2.05, 4.69) is 20.8 Å². The normalized spacial score (nSPS) is 11.6. The summed E-state index contributed by atoms with van der Waals surface area (Å²) in [7, 11) is 0. The van der Waals surface area contributed by atoms with Crippen LogP contribution in [0.25, 0.3) is 0 Å². The van der Waals surface area contributed by atoms with Crippen molar-refractivity contribution in [1.82, 2.24) is 20.8 Å². The molecule has 2 aromatic rings. The second-order valence-electron chi connectivity index (χ2n) is 4.79. The molecule has 3 amide bonds. The van der Waals surface area contributed by atoms with E-state index >= 15 is 0 Å². The summed E-state index contributed by atoms with van der Waals surface area (Å²) in [6.07, 6.45) is 0. The van der Waals surface area contributed by atoms with Gasteiger partial charge in [-0.3, -0.25) is 10.1 Å². The van der Waals surface area contributed by atoms with Crippen molar-refractivity contribution in [3.8, 4) is 5.75 Å². The highest BCUT2D eigenvalue weighted by molar-refractivity contribution is 8.00. The van der Waals surface area contributed by atoms with Gasteiger partial charge in [0.15, 0.2) is 6.61 Å². The Morgan fingerprint density at radius 3 is 2.84 bits per heavy atom. The Hall–Kier alpha value is -2.26. The summed E-state index contributed by atoms with van der Waals surface area (Å²) in [5.74, 6) is 0.299. The maximum absolute atomic E-state index is 11.9. The minimum absolute atomic E-state index is 0.0524. The highest BCUT2D eigenvalue weighted by Crippen LogP contribution is 2.25. The molecule has 1 atom stereocenters. The third-order valence-corrected chi connectivity index (χ3v) is 4.10. The minimum atomic E-state index is -0.583. The van der Waals surface area contributed by atoms with Crippen LogP contribution in [0.2, 0.25) is 5.02 Å². The molecule has 0 spiro atoms. The Bertz CT molecular complexity index is 740. The topological polar surface area (TPSA) is 106 Å². The fourth-order valence-electron chi connectivity index (χ4n) is 1.67. The predicted molar refractivity (Wildman–Crippen MR) is 92.6 cm³/mol. The van der Waals surface area contributed by atoms with Crippen molar-refractivity contribution in [2.75, 3.05) is 6.54 Å². The fourth-order valence-corrected chi connectivity index (χ4v) is 2.56. The summed E-state index contributed by atoms with van der Waals surface area (Å²) in [6.45, 7) is 3.87. The summed E-state index contributed by atoms with van der Waals surface area (Å²) in [6, 6.07) is 6.48. The van der Waals surface area contributed by atoms with Gasteiger partial charge in [-0.05, 0) is 26.0 Å². The molecule has 1 aromatic carbocycles. The van der Waals surface area contributed by atoms with E-state index in [0.717, 1.165) is 11.8 Å². The van der Waals surface area contributed by atoms with Crippen molar-refractivity contribution in [2.24, 2.45) is 0 Å². The first kappa shape index (κ1) is 19.1. The zero-order valence-corrected chi connectivity index (χ0v) is 15.2. The van der Waals surface area contributed by atoms with Crippen LogP contribution in [0.4, 0.5) is 4.79 Å². The fraction of sp³-hybridized carbons (Fsp3) is 0.333. The Labute approximate surface area is 153 Å². The number of nitrogens with one attached hydrogen (secondary N) is 2. The average Bonchev–Trinajstić information content (AvgIpc) is 3.01. The number of carbonyl (C=O) groups excluding carboxylic acids is 2. The number of halogens is 1. The molecule has 1 aromatic heterocycles. The van der Waals surface area contributed by atoms with Crippen molar-refractivity contribution in [3.05, 3.63) is 35.2 Å². The van der Waals surface area contributed by atoms with Crippen molar-refractivity contribution >= 4 is 35.3 Å². The number of nitrogens with zero attached hydrogens (tertiary/aromatic N) is 2. The van der Waals surface area contributed by atoms with Crippen LogP contribution in [0, 0.1) is 0 Å². The monoisotopic (exact) mass is 384 g/mol. The van der Waals surface area contributed by atoms with Crippen molar-refractivity contribution < 1.29 is 18.7 Å². The lowest BCUT2D eigenvalue weighted by molar-refractivity contribution is -0.119. The zero-order chi connectivity index (χ0) is 18.2. The molecule has 2 N–H and O–H groups in total. The molecule has 2 rings (SSSR count). The van der Waals surface area contributed by atoms with Gasteiger partial charge in [0.2, 0.25) is 5.91 Å². The van der Waals surface area contributed by atoms with Crippen molar-refractivity contribution in [1.29, 1.82) is 0 Å². The number of urea groups is 1. The minimum Gasteiger partial charge on any atom is -0.482 e. The summed E-state index contributed by atoms with van der Waals surface area (Å²) in [5, 5.41) is 12.5. The summed E-state index contributed by atoms with van der Waals surface area (Å²) in [5.41, 5.74) is 0. The molecular weight excluding hydrogens is 368 g/mol. The maximum Gasteiger partial charge on any atom is 0.321 e. The number of para-hydroxylation sites is 1. The SMILES string of the molecule is CCNC(=O)NC(=O)[C@H](C)Sc1nnc(COc2ccccc2Cl)o1. The largest absolute Gasteiger partial charge is 0.482 e. The summed E-state index contributed by atoms with van der Waals surface area (Å²) < 4.78 is 10.9. The van der Waals surface area contributed by atoms with Crippen LogP contribution >= 0.6 is 23.4 Å². The number of hydrogen-bond acceptors (Lipinski definition) is 7. The van der Waals surface area contributed by atoms with Gasteiger partial charge in [-0.2, -0.15) is 0 Å². The number of carbonyl (C=O) groups is 2. The van der Waals surface area contributed by atoms with Crippen LogP contribution in [0.1, 0.15) is 19.7 Å². The van der Waals surface area contributed by atoms with Crippen LogP contribution in [-0.4, -0.2) is 33.9 Å². The molecule has 25 heavy (non-hydrogen) atoms. The van der Waals surface area contributed by atoms with Gasteiger partial charge in [-0.15, -0.1) is 10.2 Å². The molecular formula is C15H17ClN4O4S. The number of rotatable bonds is 7. The Morgan fingerprint density at radius 2 is 2.12 bits per heavy atom. The standard InChI is InChI=1S/C15H17ClN4O4S/c1-3-17-14(22)18-13(21)9(2)25-15-20-19-12(24-15)8-23-11-7-5-4-6-10(11)16/h4-7,9H,3,8H2,1-2H3,(H2,17,18,21,22)/t9-/m0/s1. The number of ether oxygens (including phenoxy) is 1. The molecule has 0 unspecified atom stereocenters. The first-order valence-corrected chi connectivity index (χ1v) is 8.70. The van der Waals surface area contributed by atoms with E-state index in [-0.39, 0.29) is 17.7 Å². The van der Waals surface area contributed by atoms with E-state index in [1.807, 2.05) is 0 Å². The summed E-state index contributed by atoms with van der Waals surface area (Å²) >= 11 is 7.03. The van der Waals surface area contributed by atoms with E-state index in [1.54, 1.807) is 38.1 Å². The molecule has 0 saturated carbocycles. The van der Waals surface area contributed by atoms with E-state index in [4.69, 9.17) is 20.8 Å². The van der Waals surface area contributed by atoms with Gasteiger partial charge < -0.3 is 14.5 Å². The Kier molecular flexibility index (Phi) is 7.08. The number of imide groups is 1. The smallest absolute Gasteiger partial charge is 0.321 e. The number of aromatic nitrogens is 2. The van der Waals surface area contributed by atoms with E-state index in [0.29, 0.717) is 17.3 Å². The van der Waals surface area contributed by atoms with Crippen LogP contribution in [0.3, 0.4) is 0 Å². The van der Waals surface area contributed by atoms with Crippen molar-refractivity contribution in [2.45, 2.75) is 30.9 Å². The molecule has 0 aliphatic rings. The van der Waals surface area contributed by atoms with Gasteiger partial charge in [-0.25, -0.2) is 4.79 Å². The van der Waals surface area contributed by atoms with Gasteiger partial charge in [0, 0.05) is 6.54 Å². The lowest BCUT2D eigenvalue weighted by atomic mass is 10.3. The quantitative estimate of drug-likeness (QED) is 0.706. The lowest BCUT2D eigenvalue weighted by Gasteiger charge is -2.08. The second kappa shape index (κ2) is 9.28. The van der Waals surface area contributed by atoms with E-state index < -0.39 is 17.2 Å². The molecule has 0 fully saturated rings. The molecule has 0 aliphatic heterocycles. The van der Waals surface area contributed by atoms with Crippen LogP contribution < -0.4 is 15.4 Å². The van der Waals surface area contributed by atoms with Crippen LogP contribution in [0.5, 0.6) is 5.75 Å². The lowest BCUT2D eigenvalue weighted by Crippen LogP contribution is -2.42. The number of hydrogen-bond donors (Lipinski definition) is 2. The highest BCUT2D eigenvalue weighted by atomic mass is 35.5. The maximum atomic E-state index is 11.9. The number of thioether (sulfide) groups is 1. The molecule has 1 heterocycles. The zero-order valence-electron chi connectivity index (χ0n) is 13.6. The Balaban J connectivity index is 1.85. The molecule has 134 valence electrons. The first-order valence-electron chi connectivity index (χ1n) is 7.44. The third kappa shape index (κ3) is 5.95. The van der Waals surface area contributed by atoms with Gasteiger partial charge >= 0.3 is 6.03 Å². The van der Waals surface area contributed by atoms with Gasteiger partial charge in [0.25, 0.3) is 11.1 Å². The van der Waals surface area contributed by atoms with Gasteiger partial charge in [0.05, 0.1) is 10.3 Å². The van der Waals surface area contributed by atoms with Crippen LogP contribution in [0.15, 0.2) is 33.9 Å². The molecule has 0 saturated heterocycles. The average molecular weight is 385 g/mol. The molecule has 10 heteroatoms. The van der Waals surface area contributed by atoms with Crippen LogP contribution in [-0.2, 0) is 11.4 Å². The third-order valence-electron chi connectivity index (χ3n) is 2.86. The first-order chi connectivity index (χ1) is 12.0. The molecule has 8 nitrogen and oxygen atoms in total. The summed E-state index contributed by atoms with van der Waals surface area (Å²) in [4.78, 5) is 23.2. The van der Waals surface area contributed by atoms with Gasteiger partial charge in [-0.1, -0.05) is 35.5 Å². The molecule has 0 aliphatic carbocycles. The van der Waals surface area contributed by atoms with E-state index in [1.165, 1.54) is 0 Å². The van der Waals surface area contributed by atoms with Gasteiger partial charge in [0.1, 0.15) is 5.75 Å². The van der Waals surface area contributed by atoms with E-state index in [9.17, 15) is 9.59 Å². The second-order valence-corrected chi connectivity index (χ2v) is 6.49. The molecule has 0 bridgehead atoms. The number of amides is 3. The number of benzene rings is 1. The predicted octanol–water partition coefficient (Wildman–Crippen LogP) is 2.63. The van der Waals surface area contributed by atoms with Crippen molar-refractivity contribution in [3.63, 3.8) is 0 Å². The Morgan fingerprint density at radius 1 is 1.36 bits per heavy atom. The highest BCUT2D eigenvalue weighted by Gasteiger charge is 2.20.